The number of ether oxygens (including phenoxy) is 2. The van der Waals surface area contributed by atoms with Crippen LogP contribution in [0, 0.1) is 18.2 Å². The Labute approximate surface area is 180 Å². The molecule has 0 bridgehead atoms. The van der Waals surface area contributed by atoms with E-state index in [1.165, 1.54) is 6.07 Å². The van der Waals surface area contributed by atoms with Crippen LogP contribution in [0.2, 0.25) is 0 Å². The molecule has 1 fully saturated rings. The van der Waals surface area contributed by atoms with E-state index in [2.05, 4.69) is 21.4 Å². The van der Waals surface area contributed by atoms with Crippen LogP contribution >= 0.6 is 0 Å². The highest BCUT2D eigenvalue weighted by molar-refractivity contribution is 6.01. The molecule has 0 spiro atoms. The van der Waals surface area contributed by atoms with E-state index in [1.54, 1.807) is 6.07 Å². The van der Waals surface area contributed by atoms with Crippen molar-refractivity contribution >= 4 is 16.6 Å². The molecule has 1 saturated carbocycles. The Morgan fingerprint density at radius 2 is 1.97 bits per heavy atom. The fourth-order valence-corrected chi connectivity index (χ4v) is 3.89. The second-order valence-corrected chi connectivity index (χ2v) is 7.89. The Morgan fingerprint density at radius 3 is 2.65 bits per heavy atom. The maximum Gasteiger partial charge on any atom is 0.189 e. The van der Waals surface area contributed by atoms with Crippen LogP contribution in [0.25, 0.3) is 22.0 Å². The van der Waals surface area contributed by atoms with Gasteiger partial charge < -0.3 is 19.9 Å². The lowest BCUT2D eigenvalue weighted by molar-refractivity contribution is -0.0235. The van der Waals surface area contributed by atoms with E-state index in [0.29, 0.717) is 36.5 Å². The van der Waals surface area contributed by atoms with Crippen LogP contribution in [-0.2, 0) is 4.74 Å². The number of halogens is 1. The highest BCUT2D eigenvalue weighted by atomic mass is 19.1. The molecule has 3 aromatic rings. The maximum absolute atomic E-state index is 15.0. The second kappa shape index (κ2) is 8.50. The third kappa shape index (κ3) is 4.18. The van der Waals surface area contributed by atoms with Gasteiger partial charge in [-0.25, -0.2) is 4.39 Å². The summed E-state index contributed by atoms with van der Waals surface area (Å²) in [4.78, 5) is 0. The van der Waals surface area contributed by atoms with Crippen molar-refractivity contribution in [2.75, 3.05) is 18.7 Å². The monoisotopic (exact) mass is 421 g/mol. The first kappa shape index (κ1) is 21.0. The van der Waals surface area contributed by atoms with Gasteiger partial charge in [0.15, 0.2) is 24.2 Å². The summed E-state index contributed by atoms with van der Waals surface area (Å²) in [5.74, 6) is 2.30. The molecule has 4 rings (SSSR count). The number of rotatable bonds is 7. The number of terminal acetylenes is 1. The summed E-state index contributed by atoms with van der Waals surface area (Å²) in [7, 11) is 0. The van der Waals surface area contributed by atoms with Crippen molar-refractivity contribution in [2.45, 2.75) is 38.3 Å². The highest BCUT2D eigenvalue weighted by Gasteiger charge is 2.38. The Hall–Kier alpha value is -3.21. The molecular formula is C24H24FN3O3. The van der Waals surface area contributed by atoms with Crippen molar-refractivity contribution in [3.63, 3.8) is 0 Å². The average molecular weight is 421 g/mol. The van der Waals surface area contributed by atoms with Crippen LogP contribution in [-0.4, -0.2) is 40.3 Å². The Bertz CT molecular complexity index is 1150. The number of benzene rings is 2. The van der Waals surface area contributed by atoms with E-state index in [4.69, 9.17) is 15.9 Å². The zero-order valence-corrected chi connectivity index (χ0v) is 17.5. The van der Waals surface area contributed by atoms with E-state index >= 15 is 4.39 Å². The zero-order valence-electron chi connectivity index (χ0n) is 17.5. The normalized spacial score (nSPS) is 20.2. The van der Waals surface area contributed by atoms with Gasteiger partial charge in [0.2, 0.25) is 0 Å². The number of anilines is 1. The molecule has 6 nitrogen and oxygen atoms in total. The molecule has 1 heterocycles. The lowest BCUT2D eigenvalue weighted by Crippen LogP contribution is -2.48. The van der Waals surface area contributed by atoms with Gasteiger partial charge in [0.25, 0.3) is 0 Å². The van der Waals surface area contributed by atoms with Gasteiger partial charge in [-0.1, -0.05) is 30.2 Å². The summed E-state index contributed by atoms with van der Waals surface area (Å²) in [5.41, 5.74) is 0.376. The summed E-state index contributed by atoms with van der Waals surface area (Å²) in [6, 6.07) is 11.0. The van der Waals surface area contributed by atoms with Crippen LogP contribution in [0.3, 0.4) is 0 Å². The number of nitrogens with zero attached hydrogens (tertiary/aromatic N) is 2. The van der Waals surface area contributed by atoms with Crippen molar-refractivity contribution < 1.29 is 19.0 Å². The predicted octanol–water partition coefficient (Wildman–Crippen LogP) is 4.12. The number of fused-ring (bicyclic) bond motifs is 1. The van der Waals surface area contributed by atoms with Crippen LogP contribution in [0.4, 0.5) is 10.2 Å². The quantitative estimate of drug-likeness (QED) is 0.340. The molecule has 2 N–H and O–H groups in total. The van der Waals surface area contributed by atoms with Gasteiger partial charge in [0.1, 0.15) is 5.69 Å². The molecule has 0 aliphatic heterocycles. The van der Waals surface area contributed by atoms with Crippen LogP contribution < -0.4 is 10.1 Å². The third-order valence-corrected chi connectivity index (χ3v) is 5.40. The van der Waals surface area contributed by atoms with Crippen LogP contribution in [0.1, 0.15) is 32.3 Å². The molecule has 0 unspecified atom stereocenters. The highest BCUT2D eigenvalue weighted by Crippen LogP contribution is 2.39. The Morgan fingerprint density at radius 1 is 1.23 bits per heavy atom. The molecule has 0 amide bonds. The molecular weight excluding hydrogens is 397 g/mol. The predicted molar refractivity (Wildman–Crippen MR) is 117 cm³/mol. The third-order valence-electron chi connectivity index (χ3n) is 5.40. The lowest BCUT2D eigenvalue weighted by atomic mass is 9.77. The van der Waals surface area contributed by atoms with Gasteiger partial charge in [-0.05, 0) is 38.8 Å². The van der Waals surface area contributed by atoms with Gasteiger partial charge in [-0.3, -0.25) is 0 Å². The number of nitrogens with one attached hydrogen (secondary N) is 1. The fraction of sp³-hybridized carbons (Fsp3) is 0.333. The molecule has 160 valence electrons. The summed E-state index contributed by atoms with van der Waals surface area (Å²) in [6.07, 6.45) is 6.70. The first-order valence-electron chi connectivity index (χ1n) is 10.2. The first-order chi connectivity index (χ1) is 14.9. The molecule has 0 saturated heterocycles. The standard InChI is InChI=1S/C24H24FN3O3/c1-4-15-10-11-19(22(20(15)25)31-14-30-5-2)21-17-8-6-7-9-18(17)23(28-27-21)26-16-12-24(3,29)13-16/h1,6-11,16,29H,5,12-14H2,2-3H3,(H,26,28). The molecule has 0 atom stereocenters. The first-order valence-corrected chi connectivity index (χ1v) is 10.2. The maximum atomic E-state index is 15.0. The molecule has 1 aliphatic carbocycles. The van der Waals surface area contributed by atoms with Gasteiger partial charge in [-0.15, -0.1) is 16.6 Å². The lowest BCUT2D eigenvalue weighted by Gasteiger charge is -2.41. The Balaban J connectivity index is 1.77. The molecule has 0 radical (unpaired) electrons. The van der Waals surface area contributed by atoms with Crippen molar-refractivity contribution in [3.05, 3.63) is 47.8 Å². The van der Waals surface area contributed by atoms with Gasteiger partial charge in [-0.2, -0.15) is 0 Å². The van der Waals surface area contributed by atoms with Crippen molar-refractivity contribution in [3.8, 4) is 29.4 Å². The molecule has 2 aromatic carbocycles. The van der Waals surface area contributed by atoms with Gasteiger partial charge >= 0.3 is 0 Å². The van der Waals surface area contributed by atoms with E-state index in [-0.39, 0.29) is 24.1 Å². The summed E-state index contributed by atoms with van der Waals surface area (Å²) < 4.78 is 25.8. The van der Waals surface area contributed by atoms with E-state index in [0.717, 1.165) is 10.8 Å². The average Bonchev–Trinajstić information content (AvgIpc) is 2.74. The van der Waals surface area contributed by atoms with Gasteiger partial charge in [0, 0.05) is 29.0 Å². The van der Waals surface area contributed by atoms with E-state index < -0.39 is 11.4 Å². The Kier molecular flexibility index (Phi) is 5.77. The minimum Gasteiger partial charge on any atom is -0.464 e. The molecule has 1 aliphatic rings. The summed E-state index contributed by atoms with van der Waals surface area (Å²) >= 11 is 0. The van der Waals surface area contributed by atoms with E-state index in [1.807, 2.05) is 38.1 Å². The smallest absolute Gasteiger partial charge is 0.189 e. The molecule has 7 heteroatoms. The van der Waals surface area contributed by atoms with Crippen molar-refractivity contribution in [2.24, 2.45) is 0 Å². The van der Waals surface area contributed by atoms with Crippen molar-refractivity contribution in [1.82, 2.24) is 10.2 Å². The van der Waals surface area contributed by atoms with Crippen molar-refractivity contribution in [1.29, 1.82) is 0 Å². The van der Waals surface area contributed by atoms with E-state index in [9.17, 15) is 5.11 Å². The number of aliphatic hydroxyl groups is 1. The number of hydrogen-bond donors (Lipinski definition) is 2. The van der Waals surface area contributed by atoms with Crippen LogP contribution in [0.5, 0.6) is 5.75 Å². The zero-order chi connectivity index (χ0) is 22.0. The minimum absolute atomic E-state index is 0.0147. The summed E-state index contributed by atoms with van der Waals surface area (Å²) in [5, 5.41) is 23.8. The molecule has 1 aromatic heterocycles. The molecule has 31 heavy (non-hydrogen) atoms. The number of aromatic nitrogens is 2. The van der Waals surface area contributed by atoms with Gasteiger partial charge in [0.05, 0.1) is 11.2 Å². The summed E-state index contributed by atoms with van der Waals surface area (Å²) in [6.45, 7) is 3.96. The van der Waals surface area contributed by atoms with Crippen LogP contribution in [0.15, 0.2) is 36.4 Å². The SMILES string of the molecule is C#Cc1ccc(-c2nnc(NC3CC(C)(O)C3)c3ccccc23)c(OCOCC)c1F. The fourth-order valence-electron chi connectivity index (χ4n) is 3.89. The number of hydrogen-bond acceptors (Lipinski definition) is 6. The minimum atomic E-state index is -0.649. The largest absolute Gasteiger partial charge is 0.464 e. The topological polar surface area (TPSA) is 76.5 Å². The second-order valence-electron chi connectivity index (χ2n) is 7.89.